The summed E-state index contributed by atoms with van der Waals surface area (Å²) in [5.74, 6) is -0.145. The van der Waals surface area contributed by atoms with Gasteiger partial charge in [0.1, 0.15) is 0 Å². The summed E-state index contributed by atoms with van der Waals surface area (Å²) in [5, 5.41) is 2.74. The number of sulfonamides is 1. The quantitative estimate of drug-likeness (QED) is 0.649. The molecular formula is C16H25N3O4S. The maximum Gasteiger partial charge on any atom is 0.240 e. The van der Waals surface area contributed by atoms with E-state index in [9.17, 15) is 13.2 Å². The van der Waals surface area contributed by atoms with Crippen molar-refractivity contribution in [3.05, 3.63) is 24.3 Å². The molecular weight excluding hydrogens is 330 g/mol. The second-order valence-electron chi connectivity index (χ2n) is 5.79. The Bertz CT molecular complexity index is 642. The molecule has 1 aromatic carbocycles. The largest absolute Gasteiger partial charge is 0.378 e. The number of carbonyl (C=O) groups is 1. The van der Waals surface area contributed by atoms with Gasteiger partial charge in [0.15, 0.2) is 0 Å². The summed E-state index contributed by atoms with van der Waals surface area (Å²) < 4.78 is 32.1. The SMILES string of the molecule is NCCNS(=O)(=O)c1cccc(NC(=O)CCC2CCCCO2)c1. The van der Waals surface area contributed by atoms with Gasteiger partial charge in [0.25, 0.3) is 0 Å². The molecule has 2 rings (SSSR count). The molecule has 1 aliphatic rings. The van der Waals surface area contributed by atoms with Crippen molar-refractivity contribution in [2.45, 2.75) is 43.1 Å². The van der Waals surface area contributed by atoms with Gasteiger partial charge in [-0.15, -0.1) is 0 Å². The third-order valence-electron chi connectivity index (χ3n) is 3.83. The molecule has 1 aromatic rings. The highest BCUT2D eigenvalue weighted by atomic mass is 32.2. The van der Waals surface area contributed by atoms with Crippen molar-refractivity contribution in [3.8, 4) is 0 Å². The molecule has 7 nitrogen and oxygen atoms in total. The third-order valence-corrected chi connectivity index (χ3v) is 5.29. The fourth-order valence-electron chi connectivity index (χ4n) is 2.57. The number of rotatable bonds is 8. The molecule has 4 N–H and O–H groups in total. The van der Waals surface area contributed by atoms with Crippen molar-refractivity contribution in [2.24, 2.45) is 5.73 Å². The number of ether oxygens (including phenoxy) is 1. The third kappa shape index (κ3) is 5.86. The van der Waals surface area contributed by atoms with Crippen molar-refractivity contribution in [1.29, 1.82) is 0 Å². The Hall–Kier alpha value is -1.48. The van der Waals surface area contributed by atoms with E-state index in [0.717, 1.165) is 25.9 Å². The second kappa shape index (κ2) is 9.12. The molecule has 1 aliphatic heterocycles. The highest BCUT2D eigenvalue weighted by Gasteiger charge is 2.16. The number of anilines is 1. The fraction of sp³-hybridized carbons (Fsp3) is 0.562. The molecule has 24 heavy (non-hydrogen) atoms. The molecule has 1 heterocycles. The Morgan fingerprint density at radius 1 is 1.33 bits per heavy atom. The van der Waals surface area contributed by atoms with Crippen molar-refractivity contribution in [1.82, 2.24) is 4.72 Å². The molecule has 1 saturated heterocycles. The molecule has 1 fully saturated rings. The van der Waals surface area contributed by atoms with Crippen LogP contribution in [0.15, 0.2) is 29.2 Å². The van der Waals surface area contributed by atoms with Gasteiger partial charge in [-0.05, 0) is 43.9 Å². The molecule has 8 heteroatoms. The van der Waals surface area contributed by atoms with Crippen LogP contribution >= 0.6 is 0 Å². The van der Waals surface area contributed by atoms with Gasteiger partial charge < -0.3 is 15.8 Å². The summed E-state index contributed by atoms with van der Waals surface area (Å²) in [6, 6.07) is 6.17. The first kappa shape index (κ1) is 18.9. The summed E-state index contributed by atoms with van der Waals surface area (Å²) in [6.07, 6.45) is 4.41. The van der Waals surface area contributed by atoms with Crippen LogP contribution in [0.3, 0.4) is 0 Å². The van der Waals surface area contributed by atoms with E-state index in [1.807, 2.05) is 0 Å². The summed E-state index contributed by atoms with van der Waals surface area (Å²) in [7, 11) is -3.61. The topological polar surface area (TPSA) is 111 Å². The van der Waals surface area contributed by atoms with Crippen molar-refractivity contribution in [2.75, 3.05) is 25.0 Å². The van der Waals surface area contributed by atoms with E-state index in [4.69, 9.17) is 10.5 Å². The zero-order chi connectivity index (χ0) is 17.4. The van der Waals surface area contributed by atoms with E-state index in [2.05, 4.69) is 10.0 Å². The van der Waals surface area contributed by atoms with Crippen LogP contribution in [-0.2, 0) is 19.6 Å². The predicted octanol–water partition coefficient (Wildman–Crippen LogP) is 1.21. The molecule has 0 saturated carbocycles. The summed E-state index contributed by atoms with van der Waals surface area (Å²) in [4.78, 5) is 12.1. The van der Waals surface area contributed by atoms with Crippen molar-refractivity contribution < 1.29 is 17.9 Å². The lowest BCUT2D eigenvalue weighted by Crippen LogP contribution is -2.29. The number of benzene rings is 1. The minimum absolute atomic E-state index is 0.101. The Morgan fingerprint density at radius 2 is 2.17 bits per heavy atom. The van der Waals surface area contributed by atoms with E-state index >= 15 is 0 Å². The monoisotopic (exact) mass is 355 g/mol. The highest BCUT2D eigenvalue weighted by molar-refractivity contribution is 7.89. The van der Waals surface area contributed by atoms with E-state index in [1.54, 1.807) is 12.1 Å². The first-order chi connectivity index (χ1) is 11.5. The van der Waals surface area contributed by atoms with Gasteiger partial charge in [-0.2, -0.15) is 0 Å². The Kier molecular flexibility index (Phi) is 7.16. The Labute approximate surface area is 143 Å². The van der Waals surface area contributed by atoms with Crippen molar-refractivity contribution in [3.63, 3.8) is 0 Å². The average molecular weight is 355 g/mol. The molecule has 0 aromatic heterocycles. The highest BCUT2D eigenvalue weighted by Crippen LogP contribution is 2.18. The van der Waals surface area contributed by atoms with Gasteiger partial charge in [-0.1, -0.05) is 6.07 Å². The van der Waals surface area contributed by atoms with Crippen LogP contribution in [0.2, 0.25) is 0 Å². The lowest BCUT2D eigenvalue weighted by atomic mass is 10.0. The van der Waals surface area contributed by atoms with Gasteiger partial charge >= 0.3 is 0 Å². The molecule has 0 aliphatic carbocycles. The fourth-order valence-corrected chi connectivity index (χ4v) is 3.66. The minimum atomic E-state index is -3.61. The number of hydrogen-bond donors (Lipinski definition) is 3. The normalized spacial score (nSPS) is 18.3. The number of amides is 1. The molecule has 0 spiro atoms. The smallest absolute Gasteiger partial charge is 0.240 e. The number of nitrogens with two attached hydrogens (primary N) is 1. The average Bonchev–Trinajstić information content (AvgIpc) is 2.59. The maximum atomic E-state index is 12.1. The van der Waals surface area contributed by atoms with Crippen LogP contribution in [0.25, 0.3) is 0 Å². The Morgan fingerprint density at radius 3 is 2.88 bits per heavy atom. The molecule has 0 radical (unpaired) electrons. The maximum absolute atomic E-state index is 12.1. The summed E-state index contributed by atoms with van der Waals surface area (Å²) >= 11 is 0. The van der Waals surface area contributed by atoms with Gasteiger partial charge in [0.2, 0.25) is 15.9 Å². The van der Waals surface area contributed by atoms with Crippen LogP contribution in [-0.4, -0.2) is 40.1 Å². The first-order valence-electron chi connectivity index (χ1n) is 8.22. The number of nitrogens with one attached hydrogen (secondary N) is 2. The number of carbonyl (C=O) groups excluding carboxylic acids is 1. The summed E-state index contributed by atoms with van der Waals surface area (Å²) in [6.45, 7) is 1.15. The number of hydrogen-bond acceptors (Lipinski definition) is 5. The van der Waals surface area contributed by atoms with E-state index in [1.165, 1.54) is 12.1 Å². The van der Waals surface area contributed by atoms with E-state index in [-0.39, 0.29) is 30.0 Å². The van der Waals surface area contributed by atoms with Crippen LogP contribution in [0.4, 0.5) is 5.69 Å². The zero-order valence-corrected chi connectivity index (χ0v) is 14.5. The van der Waals surface area contributed by atoms with Crippen molar-refractivity contribution >= 4 is 21.6 Å². The Balaban J connectivity index is 1.90. The lowest BCUT2D eigenvalue weighted by molar-refractivity contribution is -0.117. The van der Waals surface area contributed by atoms with Crippen LogP contribution in [0, 0.1) is 0 Å². The zero-order valence-electron chi connectivity index (χ0n) is 13.7. The standard InChI is InChI=1S/C16H25N3O4S/c17-9-10-18-24(21,22)15-6-3-4-13(12-15)19-16(20)8-7-14-5-1-2-11-23-14/h3-4,6,12,14,18H,1-2,5,7-11,17H2,(H,19,20). The summed E-state index contributed by atoms with van der Waals surface area (Å²) in [5.41, 5.74) is 5.77. The minimum Gasteiger partial charge on any atom is -0.378 e. The van der Waals surface area contributed by atoms with Crippen LogP contribution in [0.1, 0.15) is 32.1 Å². The van der Waals surface area contributed by atoms with Crippen LogP contribution < -0.4 is 15.8 Å². The van der Waals surface area contributed by atoms with Crippen LogP contribution in [0.5, 0.6) is 0 Å². The molecule has 134 valence electrons. The van der Waals surface area contributed by atoms with E-state index in [0.29, 0.717) is 18.5 Å². The van der Waals surface area contributed by atoms with Gasteiger partial charge in [-0.25, -0.2) is 13.1 Å². The van der Waals surface area contributed by atoms with Gasteiger partial charge in [0.05, 0.1) is 11.0 Å². The molecule has 1 amide bonds. The molecule has 0 bridgehead atoms. The first-order valence-corrected chi connectivity index (χ1v) is 9.71. The lowest BCUT2D eigenvalue weighted by Gasteiger charge is -2.22. The van der Waals surface area contributed by atoms with Gasteiger partial charge in [-0.3, -0.25) is 4.79 Å². The predicted molar refractivity (Wildman–Crippen MR) is 92.1 cm³/mol. The van der Waals surface area contributed by atoms with E-state index < -0.39 is 10.0 Å². The molecule has 1 unspecified atom stereocenters. The second-order valence-corrected chi connectivity index (χ2v) is 7.56. The van der Waals surface area contributed by atoms with Gasteiger partial charge in [0, 0.05) is 31.8 Å². The molecule has 1 atom stereocenters.